The second-order valence-corrected chi connectivity index (χ2v) is 18.0. The Balaban J connectivity index is 0.000000413. The molecule has 3 aromatic carbocycles. The van der Waals surface area contributed by atoms with E-state index < -0.39 is 8.24 Å². The number of aryl methyl sites for hydroxylation is 2. The molecular weight excluding hydrogens is 730 g/mol. The van der Waals surface area contributed by atoms with Crippen molar-refractivity contribution in [1.29, 1.82) is 0 Å². The molecule has 0 bridgehead atoms. The number of allylic oxidation sites excluding steroid dienone is 3. The molecule has 1 radical (unpaired) electrons. The minimum absolute atomic E-state index is 0. The van der Waals surface area contributed by atoms with Gasteiger partial charge in [0, 0.05) is 14.3 Å². The van der Waals surface area contributed by atoms with Gasteiger partial charge in [0.2, 0.25) is 0 Å². The molecule has 0 aromatic heterocycles. The quantitative estimate of drug-likeness (QED) is 0.185. The summed E-state index contributed by atoms with van der Waals surface area (Å²) in [5, 5.41) is 2.95. The van der Waals surface area contributed by atoms with E-state index in [-0.39, 0.29) is 50.3 Å². The molecule has 4 atom stereocenters. The van der Waals surface area contributed by atoms with Gasteiger partial charge in [-0.25, -0.2) is 0 Å². The molecule has 1 saturated carbocycles. The fraction of sp³-hybridized carbons (Fsp3) is 0.415. The van der Waals surface area contributed by atoms with Crippen LogP contribution in [0.15, 0.2) is 97.1 Å². The molecule has 5 heteroatoms. The first-order valence-electron chi connectivity index (χ1n) is 16.6. The molecule has 3 nitrogen and oxygen atoms in total. The monoisotopic (exact) mass is 784 g/mol. The van der Waals surface area contributed by atoms with E-state index in [0.717, 1.165) is 5.56 Å². The Morgan fingerprint density at radius 2 is 1.28 bits per heavy atom. The van der Waals surface area contributed by atoms with E-state index in [4.69, 9.17) is 4.98 Å². The van der Waals surface area contributed by atoms with Crippen LogP contribution in [0.3, 0.4) is 0 Å². The summed E-state index contributed by atoms with van der Waals surface area (Å²) in [5.41, 5.74) is 5.36. The summed E-state index contributed by atoms with van der Waals surface area (Å²) in [6.45, 7) is 17.7. The van der Waals surface area contributed by atoms with Gasteiger partial charge in [-0.3, -0.25) is 4.90 Å². The molecule has 1 heterocycles. The molecular formula is C41H56ErN3Si. The van der Waals surface area contributed by atoms with Crippen molar-refractivity contribution in [1.82, 2.24) is 4.90 Å². The van der Waals surface area contributed by atoms with Crippen LogP contribution in [-0.4, -0.2) is 51.9 Å². The first-order valence-corrected chi connectivity index (χ1v) is 18.6. The molecule has 0 spiro atoms. The summed E-state index contributed by atoms with van der Waals surface area (Å²) in [5.74, 6) is 1.15. The molecule has 1 saturated heterocycles. The van der Waals surface area contributed by atoms with Crippen molar-refractivity contribution in [2.75, 3.05) is 32.1 Å². The van der Waals surface area contributed by atoms with Gasteiger partial charge in [-0.15, -0.1) is 11.6 Å². The topological polar surface area (TPSA) is 20.6 Å². The Labute approximate surface area is 312 Å². The van der Waals surface area contributed by atoms with Crippen LogP contribution in [-0.2, 0) is 0 Å². The van der Waals surface area contributed by atoms with E-state index in [1.165, 1.54) is 59.5 Å². The molecule has 46 heavy (non-hydrogen) atoms. The second kappa shape index (κ2) is 16.5. The van der Waals surface area contributed by atoms with E-state index in [1.54, 1.807) is 0 Å². The third-order valence-electron chi connectivity index (χ3n) is 9.74. The molecule has 0 amide bonds. The third kappa shape index (κ3) is 8.61. The maximum Gasteiger partial charge on any atom is 3.00 e. The molecule has 3 aliphatic rings. The molecule has 251 valence electrons. The zero-order valence-electron chi connectivity index (χ0n) is 29.4. The second-order valence-electron chi connectivity index (χ2n) is 14.4. The van der Waals surface area contributed by atoms with E-state index in [2.05, 4.69) is 130 Å². The Morgan fingerprint density at radius 1 is 0.783 bits per heavy atom. The molecule has 3 aromatic rings. The number of hydrogen-bond donors (Lipinski definition) is 0. The van der Waals surface area contributed by atoms with Crippen LogP contribution in [0.25, 0.3) is 4.98 Å². The zero-order valence-corrected chi connectivity index (χ0v) is 32.3. The average molecular weight is 786 g/mol. The predicted octanol–water partition coefficient (Wildman–Crippen LogP) is 8.52. The summed E-state index contributed by atoms with van der Waals surface area (Å²) in [4.78, 5) is 10.8. The molecule has 1 aliphatic heterocycles. The number of likely N-dealkylation sites (tertiary alicyclic amines) is 1. The maximum atomic E-state index is 5.94. The van der Waals surface area contributed by atoms with Gasteiger partial charge in [0.25, 0.3) is 0 Å². The van der Waals surface area contributed by atoms with Crippen molar-refractivity contribution in [3.8, 4) is 0 Å². The van der Waals surface area contributed by atoms with Crippen LogP contribution in [0, 0.1) is 77.3 Å². The van der Waals surface area contributed by atoms with Gasteiger partial charge in [-0.2, -0.15) is 18.6 Å². The number of benzene rings is 3. The summed E-state index contributed by atoms with van der Waals surface area (Å²) in [7, 11) is 1.55. The Morgan fingerprint density at radius 3 is 1.74 bits per heavy atom. The van der Waals surface area contributed by atoms with Crippen LogP contribution in [0.4, 0.5) is 5.69 Å². The van der Waals surface area contributed by atoms with Crippen molar-refractivity contribution in [3.05, 3.63) is 133 Å². The summed E-state index contributed by atoms with van der Waals surface area (Å²) >= 11 is 0. The standard InChI is InChI=1S/C31H41N2Si.C9H12N.CH3.Er/c1-23-12-16-25(17-13-23)34(32-31(3,4)5,26-18-14-24(2)15-19-26)30-22-29(33-20-8-9-21-33)27-10-6-7-11-28(27)30;1-8-6-4-5-7-9(8)10(2)3;;/h6-7,10-19,27-30H,8-9,20-22H2,1-5H3;4-7H,1H2,2-3H3;1H3;/q3*-1;+3. The number of fused-ring (bicyclic) bond motifs is 1. The molecule has 6 rings (SSSR count). The van der Waals surface area contributed by atoms with Crippen LogP contribution >= 0.6 is 0 Å². The van der Waals surface area contributed by atoms with Crippen molar-refractivity contribution in [3.63, 3.8) is 0 Å². The average Bonchev–Trinajstić information content (AvgIpc) is 3.66. The fourth-order valence-corrected chi connectivity index (χ4v) is 13.3. The normalized spacial score (nSPS) is 22.2. The number of para-hydroxylation sites is 1. The number of anilines is 1. The van der Waals surface area contributed by atoms with Crippen LogP contribution in [0.2, 0.25) is 5.54 Å². The molecule has 0 N–H and O–H groups in total. The van der Waals surface area contributed by atoms with Gasteiger partial charge in [0.15, 0.2) is 0 Å². The van der Waals surface area contributed by atoms with Crippen LogP contribution in [0.1, 0.15) is 56.7 Å². The Hall–Kier alpha value is -1.81. The number of nitrogens with zero attached hydrogens (tertiary/aromatic N) is 3. The van der Waals surface area contributed by atoms with Crippen LogP contribution < -0.4 is 15.3 Å². The molecule has 4 unspecified atom stereocenters. The molecule has 2 fully saturated rings. The van der Waals surface area contributed by atoms with Gasteiger partial charge in [-0.1, -0.05) is 133 Å². The van der Waals surface area contributed by atoms with E-state index in [1.807, 2.05) is 32.3 Å². The van der Waals surface area contributed by atoms with Crippen molar-refractivity contribution < 1.29 is 37.3 Å². The van der Waals surface area contributed by atoms with E-state index in [0.29, 0.717) is 23.4 Å². The first kappa shape index (κ1) is 38.6. The van der Waals surface area contributed by atoms with Gasteiger partial charge >= 0.3 is 37.3 Å². The molecule has 2 aliphatic carbocycles. The van der Waals surface area contributed by atoms with Gasteiger partial charge in [-0.05, 0) is 77.7 Å². The van der Waals surface area contributed by atoms with Crippen molar-refractivity contribution in [2.24, 2.45) is 11.8 Å². The summed E-state index contributed by atoms with van der Waals surface area (Å²) in [6, 6.07) is 27.6. The third-order valence-corrected chi connectivity index (χ3v) is 14.9. The van der Waals surface area contributed by atoms with Gasteiger partial charge in [0.05, 0.1) is 0 Å². The zero-order chi connectivity index (χ0) is 31.5. The minimum atomic E-state index is -2.48. The SMILES string of the molecule is Cc1ccc([Si]([N-]C(C)(C)C)(c2ccc(C)cc2)C2CC(N3CCCC3)C3C=CC=CC32)cc1.[CH2-]c1ccccc1N(C)C.[CH3-].[Er+3]. The van der Waals surface area contributed by atoms with Gasteiger partial charge in [0.1, 0.15) is 0 Å². The van der Waals surface area contributed by atoms with E-state index in [9.17, 15) is 0 Å². The first-order chi connectivity index (χ1) is 21.0. The van der Waals surface area contributed by atoms with Crippen molar-refractivity contribution in [2.45, 2.75) is 71.0 Å². The maximum absolute atomic E-state index is 5.94. The minimum Gasteiger partial charge on any atom is -0.652 e. The smallest absolute Gasteiger partial charge is 0.652 e. The summed E-state index contributed by atoms with van der Waals surface area (Å²) < 4.78 is 0. The Kier molecular flexibility index (Phi) is 13.9. The van der Waals surface area contributed by atoms with Crippen molar-refractivity contribution >= 4 is 24.3 Å². The van der Waals surface area contributed by atoms with Gasteiger partial charge < -0.3 is 17.3 Å². The number of hydrogen-bond acceptors (Lipinski definition) is 2. The summed E-state index contributed by atoms with van der Waals surface area (Å²) in [6.07, 6.45) is 13.6. The van der Waals surface area contributed by atoms with Crippen LogP contribution in [0.5, 0.6) is 0 Å². The predicted molar refractivity (Wildman–Crippen MR) is 200 cm³/mol. The largest absolute Gasteiger partial charge is 3.00 e. The Bertz CT molecular complexity index is 1390. The number of rotatable bonds is 6. The van der Waals surface area contributed by atoms with E-state index >= 15 is 0 Å². The fourth-order valence-electron chi connectivity index (χ4n) is 7.82.